The van der Waals surface area contributed by atoms with Crippen LogP contribution in [-0.2, 0) is 23.0 Å². The molecule has 8 heteroatoms. The Kier molecular flexibility index (Phi) is 7.71. The van der Waals surface area contributed by atoms with Crippen molar-refractivity contribution < 1.29 is 13.2 Å². The van der Waals surface area contributed by atoms with E-state index in [1.807, 2.05) is 18.2 Å². The molecule has 0 aliphatic carbocycles. The van der Waals surface area contributed by atoms with Crippen LogP contribution in [0.5, 0.6) is 5.75 Å². The second kappa shape index (κ2) is 10.6. The molecule has 1 fully saturated rings. The largest absolute Gasteiger partial charge is 0.495 e. The van der Waals surface area contributed by atoms with E-state index in [9.17, 15) is 8.42 Å². The maximum atomic E-state index is 13.7. The number of halogens is 1. The maximum absolute atomic E-state index is 13.7. The smallest absolute Gasteiger partial charge is 0.243 e. The quantitative estimate of drug-likeness (QED) is 0.509. The van der Waals surface area contributed by atoms with E-state index >= 15 is 0 Å². The molecule has 0 amide bonds. The lowest BCUT2D eigenvalue weighted by Crippen LogP contribution is -2.44. The van der Waals surface area contributed by atoms with Crippen LogP contribution in [0.25, 0.3) is 11.1 Å². The predicted molar refractivity (Wildman–Crippen MR) is 143 cm³/mol. The molecule has 0 bridgehead atoms. The van der Waals surface area contributed by atoms with Crippen LogP contribution in [0, 0.1) is 0 Å². The zero-order chi connectivity index (χ0) is 23.7. The van der Waals surface area contributed by atoms with Gasteiger partial charge in [-0.1, -0.05) is 42.5 Å². The van der Waals surface area contributed by atoms with Crippen LogP contribution in [-0.4, -0.2) is 64.5 Å². The van der Waals surface area contributed by atoms with E-state index in [1.54, 1.807) is 29.6 Å². The van der Waals surface area contributed by atoms with Crippen molar-refractivity contribution in [1.82, 2.24) is 9.21 Å². The normalized spacial score (nSPS) is 16.9. The van der Waals surface area contributed by atoms with Crippen molar-refractivity contribution in [1.29, 1.82) is 0 Å². The molecule has 5 rings (SSSR count). The number of hydrogen-bond donors (Lipinski definition) is 0. The standard InChI is InChI=1S/C27H31N3O3S.ClH/c1-28-14-16-29(17-15-28)26-19-25(10-11-27(26)33-2)34(31,32)30-13-12-22-8-9-23(18-24(22)20-30)21-6-4-3-5-7-21;/h3-11,18-19H,12-17,20H2,1-2H3;1H. The molecular weight excluding hydrogens is 482 g/mol. The van der Waals surface area contributed by atoms with Crippen LogP contribution in [0.15, 0.2) is 71.6 Å². The number of piperazine rings is 1. The summed E-state index contributed by atoms with van der Waals surface area (Å²) in [5.41, 5.74) is 5.39. The van der Waals surface area contributed by atoms with Crippen molar-refractivity contribution >= 4 is 28.1 Å². The van der Waals surface area contributed by atoms with Crippen molar-refractivity contribution in [2.75, 3.05) is 51.8 Å². The minimum atomic E-state index is -3.64. The minimum absolute atomic E-state index is 0. The number of methoxy groups -OCH3 is 1. The Morgan fingerprint density at radius 1 is 0.800 bits per heavy atom. The van der Waals surface area contributed by atoms with Crippen molar-refractivity contribution in [3.63, 3.8) is 0 Å². The van der Waals surface area contributed by atoms with Gasteiger partial charge >= 0.3 is 0 Å². The predicted octanol–water partition coefficient (Wildman–Crippen LogP) is 4.28. The van der Waals surface area contributed by atoms with Gasteiger partial charge in [-0.05, 0) is 60.0 Å². The number of rotatable bonds is 5. The van der Waals surface area contributed by atoms with Gasteiger partial charge < -0.3 is 14.5 Å². The van der Waals surface area contributed by atoms with E-state index in [2.05, 4.69) is 47.2 Å². The van der Waals surface area contributed by atoms with Crippen molar-refractivity contribution in [3.8, 4) is 16.9 Å². The van der Waals surface area contributed by atoms with Gasteiger partial charge in [-0.3, -0.25) is 0 Å². The molecule has 2 aliphatic heterocycles. The van der Waals surface area contributed by atoms with E-state index in [-0.39, 0.29) is 12.4 Å². The topological polar surface area (TPSA) is 53.1 Å². The van der Waals surface area contributed by atoms with Crippen LogP contribution in [0.1, 0.15) is 11.1 Å². The van der Waals surface area contributed by atoms with Crippen molar-refractivity contribution in [3.05, 3.63) is 77.9 Å². The molecule has 3 aromatic carbocycles. The number of hydrogen-bond acceptors (Lipinski definition) is 5. The summed E-state index contributed by atoms with van der Waals surface area (Å²) < 4.78 is 34.6. The van der Waals surface area contributed by atoms with Gasteiger partial charge in [0.1, 0.15) is 5.75 Å². The zero-order valence-electron chi connectivity index (χ0n) is 20.2. The molecule has 6 nitrogen and oxygen atoms in total. The molecule has 0 saturated carbocycles. The highest BCUT2D eigenvalue weighted by atomic mass is 35.5. The second-order valence-corrected chi connectivity index (χ2v) is 11.0. The van der Waals surface area contributed by atoms with Crippen LogP contribution in [0.3, 0.4) is 0 Å². The third-order valence-electron chi connectivity index (χ3n) is 6.92. The van der Waals surface area contributed by atoms with Crippen LogP contribution in [0.4, 0.5) is 5.69 Å². The first-order valence-electron chi connectivity index (χ1n) is 11.7. The fraction of sp³-hybridized carbons (Fsp3) is 0.333. The summed E-state index contributed by atoms with van der Waals surface area (Å²) in [6, 6.07) is 21.8. The van der Waals surface area contributed by atoms with Gasteiger partial charge in [0.25, 0.3) is 0 Å². The molecule has 186 valence electrons. The third kappa shape index (κ3) is 5.19. The highest BCUT2D eigenvalue weighted by Crippen LogP contribution is 2.34. The van der Waals surface area contributed by atoms with Gasteiger partial charge in [0, 0.05) is 39.3 Å². The Hall–Kier alpha value is -2.58. The highest BCUT2D eigenvalue weighted by molar-refractivity contribution is 7.89. The molecule has 0 aromatic heterocycles. The summed E-state index contributed by atoms with van der Waals surface area (Å²) in [6.07, 6.45) is 0.713. The summed E-state index contributed by atoms with van der Waals surface area (Å²) in [7, 11) is 0.0995. The Morgan fingerprint density at radius 2 is 1.54 bits per heavy atom. The lowest BCUT2D eigenvalue weighted by Gasteiger charge is -2.35. The molecule has 35 heavy (non-hydrogen) atoms. The monoisotopic (exact) mass is 513 g/mol. The highest BCUT2D eigenvalue weighted by Gasteiger charge is 2.30. The molecule has 2 aliphatic rings. The Labute approximate surface area is 214 Å². The first-order valence-corrected chi connectivity index (χ1v) is 13.2. The molecule has 0 spiro atoms. The molecule has 0 N–H and O–H groups in total. The van der Waals surface area contributed by atoms with Gasteiger partial charge in [-0.15, -0.1) is 12.4 Å². The zero-order valence-corrected chi connectivity index (χ0v) is 21.8. The number of fused-ring (bicyclic) bond motifs is 1. The summed E-state index contributed by atoms with van der Waals surface area (Å²) in [6.45, 7) is 4.43. The molecular formula is C27H32ClN3O3S. The molecule has 0 unspecified atom stereocenters. The average Bonchev–Trinajstić information content (AvgIpc) is 2.88. The van der Waals surface area contributed by atoms with Gasteiger partial charge in [0.2, 0.25) is 10.0 Å². The first kappa shape index (κ1) is 25.5. The van der Waals surface area contributed by atoms with Gasteiger partial charge in [0.05, 0.1) is 17.7 Å². The Bertz CT molecular complexity index is 1280. The third-order valence-corrected chi connectivity index (χ3v) is 8.76. The fourth-order valence-corrected chi connectivity index (χ4v) is 6.26. The summed E-state index contributed by atoms with van der Waals surface area (Å²) in [5, 5.41) is 0. The van der Waals surface area contributed by atoms with Crippen molar-refractivity contribution in [2.24, 2.45) is 0 Å². The molecule has 1 saturated heterocycles. The molecule has 0 radical (unpaired) electrons. The SMILES string of the molecule is COc1ccc(S(=O)(=O)N2CCc3ccc(-c4ccccc4)cc3C2)cc1N1CCN(C)CC1.Cl. The number of sulfonamides is 1. The van der Waals surface area contributed by atoms with Crippen LogP contribution >= 0.6 is 12.4 Å². The van der Waals surface area contributed by atoms with E-state index in [4.69, 9.17) is 4.74 Å². The lowest BCUT2D eigenvalue weighted by atomic mass is 9.95. The molecule has 3 aromatic rings. The van der Waals surface area contributed by atoms with E-state index in [0.29, 0.717) is 30.2 Å². The van der Waals surface area contributed by atoms with Crippen LogP contribution in [0.2, 0.25) is 0 Å². The fourth-order valence-electron chi connectivity index (χ4n) is 4.82. The minimum Gasteiger partial charge on any atom is -0.495 e. The Balaban J connectivity index is 0.00000289. The molecule has 0 atom stereocenters. The first-order chi connectivity index (χ1) is 16.5. The summed E-state index contributed by atoms with van der Waals surface area (Å²) >= 11 is 0. The lowest BCUT2D eigenvalue weighted by molar-refractivity contribution is 0.311. The van der Waals surface area contributed by atoms with Crippen LogP contribution < -0.4 is 9.64 Å². The number of ether oxygens (including phenoxy) is 1. The number of anilines is 1. The van der Waals surface area contributed by atoms with E-state index in [1.165, 1.54) is 5.56 Å². The van der Waals surface area contributed by atoms with E-state index in [0.717, 1.165) is 48.6 Å². The summed E-state index contributed by atoms with van der Waals surface area (Å²) in [5.74, 6) is 0.708. The number of likely N-dealkylation sites (N-methyl/N-ethyl adjacent to an activating group) is 1. The summed E-state index contributed by atoms with van der Waals surface area (Å²) in [4.78, 5) is 4.82. The maximum Gasteiger partial charge on any atom is 0.243 e. The van der Waals surface area contributed by atoms with Gasteiger partial charge in [-0.25, -0.2) is 8.42 Å². The Morgan fingerprint density at radius 3 is 2.26 bits per heavy atom. The molecule has 2 heterocycles. The van der Waals surface area contributed by atoms with Gasteiger partial charge in [0.15, 0.2) is 0 Å². The van der Waals surface area contributed by atoms with E-state index < -0.39 is 10.0 Å². The van der Waals surface area contributed by atoms with Crippen molar-refractivity contribution in [2.45, 2.75) is 17.9 Å². The van der Waals surface area contributed by atoms with Gasteiger partial charge in [-0.2, -0.15) is 4.31 Å². The average molecular weight is 514 g/mol. The number of benzene rings is 3. The second-order valence-electron chi connectivity index (χ2n) is 9.06. The number of nitrogens with zero attached hydrogens (tertiary/aromatic N) is 3.